The Morgan fingerprint density at radius 3 is 2.33 bits per heavy atom. The molecule has 0 aromatic heterocycles. The predicted molar refractivity (Wildman–Crippen MR) is 76.2 cm³/mol. The van der Waals surface area contributed by atoms with E-state index in [1.807, 2.05) is 18.2 Å². The van der Waals surface area contributed by atoms with Crippen molar-refractivity contribution < 1.29 is 4.79 Å². The van der Waals surface area contributed by atoms with Gasteiger partial charge < -0.3 is 5.73 Å². The van der Waals surface area contributed by atoms with Crippen molar-refractivity contribution in [3.05, 3.63) is 35.9 Å². The zero-order valence-electron chi connectivity index (χ0n) is 11.7. The van der Waals surface area contributed by atoms with Crippen LogP contribution in [0.25, 0.3) is 0 Å². The fraction of sp³-hybridized carbons (Fsp3) is 0.562. The Kier molecular flexibility index (Phi) is 5.90. The average Bonchev–Trinajstić information content (AvgIpc) is 2.38. The van der Waals surface area contributed by atoms with Crippen molar-refractivity contribution in [1.82, 2.24) is 0 Å². The van der Waals surface area contributed by atoms with Crippen LogP contribution in [0, 0.1) is 11.8 Å². The number of carbonyl (C=O) groups is 1. The molecule has 0 aliphatic heterocycles. The first-order chi connectivity index (χ1) is 8.57. The molecule has 1 aromatic carbocycles. The van der Waals surface area contributed by atoms with E-state index in [9.17, 15) is 4.79 Å². The molecule has 0 bridgehead atoms. The second kappa shape index (κ2) is 7.20. The number of primary amides is 1. The topological polar surface area (TPSA) is 43.1 Å². The van der Waals surface area contributed by atoms with Crippen molar-refractivity contribution in [2.24, 2.45) is 17.6 Å². The van der Waals surface area contributed by atoms with Crippen LogP contribution in [0.4, 0.5) is 0 Å². The molecule has 100 valence electrons. The summed E-state index contributed by atoms with van der Waals surface area (Å²) >= 11 is 0. The zero-order chi connectivity index (χ0) is 13.5. The molecular weight excluding hydrogens is 222 g/mol. The van der Waals surface area contributed by atoms with Gasteiger partial charge in [-0.3, -0.25) is 4.79 Å². The van der Waals surface area contributed by atoms with Crippen LogP contribution < -0.4 is 5.73 Å². The van der Waals surface area contributed by atoms with Gasteiger partial charge in [0.2, 0.25) is 5.91 Å². The van der Waals surface area contributed by atoms with E-state index in [-0.39, 0.29) is 17.7 Å². The zero-order valence-corrected chi connectivity index (χ0v) is 11.7. The van der Waals surface area contributed by atoms with E-state index in [0.717, 1.165) is 19.3 Å². The summed E-state index contributed by atoms with van der Waals surface area (Å²) in [6.07, 6.45) is 3.08. The monoisotopic (exact) mass is 247 g/mol. The third-order valence-corrected chi connectivity index (χ3v) is 3.98. The molecule has 2 heteroatoms. The molecule has 0 saturated heterocycles. The van der Waals surface area contributed by atoms with E-state index in [2.05, 4.69) is 32.9 Å². The maximum Gasteiger partial charge on any atom is 0.220 e. The van der Waals surface area contributed by atoms with Gasteiger partial charge in [0.05, 0.1) is 0 Å². The van der Waals surface area contributed by atoms with Crippen molar-refractivity contribution in [2.45, 2.75) is 46.0 Å². The van der Waals surface area contributed by atoms with Gasteiger partial charge in [0, 0.05) is 5.92 Å². The lowest BCUT2D eigenvalue weighted by Crippen LogP contribution is -2.31. The van der Waals surface area contributed by atoms with Gasteiger partial charge in [0.1, 0.15) is 0 Å². The molecule has 1 amide bonds. The minimum atomic E-state index is -0.154. The van der Waals surface area contributed by atoms with Crippen LogP contribution in [0.5, 0.6) is 0 Å². The first-order valence-corrected chi connectivity index (χ1v) is 6.92. The highest BCUT2D eigenvalue weighted by Gasteiger charge is 2.27. The fourth-order valence-corrected chi connectivity index (χ4v) is 2.50. The fourth-order valence-electron chi connectivity index (χ4n) is 2.50. The number of rotatable bonds is 7. The Morgan fingerprint density at radius 2 is 1.83 bits per heavy atom. The van der Waals surface area contributed by atoms with E-state index in [1.54, 1.807) is 0 Å². The summed E-state index contributed by atoms with van der Waals surface area (Å²) in [7, 11) is 0. The van der Waals surface area contributed by atoms with Gasteiger partial charge in [0.15, 0.2) is 0 Å². The van der Waals surface area contributed by atoms with Crippen LogP contribution in [-0.4, -0.2) is 5.91 Å². The van der Waals surface area contributed by atoms with Gasteiger partial charge in [-0.05, 0) is 23.8 Å². The Balaban J connectivity index is 2.76. The SMILES string of the molecule is CCCCC(C(N)=O)C(C)[C@@H](C)c1ccccc1. The lowest BCUT2D eigenvalue weighted by molar-refractivity contribution is -0.123. The van der Waals surface area contributed by atoms with Gasteiger partial charge in [0.25, 0.3) is 0 Å². The Hall–Kier alpha value is -1.31. The quantitative estimate of drug-likeness (QED) is 0.784. The van der Waals surface area contributed by atoms with Crippen molar-refractivity contribution in [1.29, 1.82) is 0 Å². The summed E-state index contributed by atoms with van der Waals surface area (Å²) in [6, 6.07) is 10.4. The van der Waals surface area contributed by atoms with E-state index < -0.39 is 0 Å². The predicted octanol–water partition coefficient (Wildman–Crippen LogP) is 3.72. The maximum atomic E-state index is 11.6. The molecule has 0 spiro atoms. The van der Waals surface area contributed by atoms with E-state index in [0.29, 0.717) is 5.92 Å². The number of benzene rings is 1. The van der Waals surface area contributed by atoms with Crippen LogP contribution in [0.3, 0.4) is 0 Å². The molecule has 3 atom stereocenters. The number of unbranched alkanes of at least 4 members (excludes halogenated alkanes) is 1. The van der Waals surface area contributed by atoms with Gasteiger partial charge in [-0.2, -0.15) is 0 Å². The molecule has 0 saturated carbocycles. The lowest BCUT2D eigenvalue weighted by atomic mass is 9.78. The first kappa shape index (κ1) is 14.7. The summed E-state index contributed by atoms with van der Waals surface area (Å²) in [5, 5.41) is 0. The highest BCUT2D eigenvalue weighted by atomic mass is 16.1. The summed E-state index contributed by atoms with van der Waals surface area (Å²) < 4.78 is 0. The molecule has 0 aliphatic carbocycles. The highest BCUT2D eigenvalue weighted by Crippen LogP contribution is 2.32. The number of amides is 1. The van der Waals surface area contributed by atoms with Crippen LogP contribution in [0.1, 0.15) is 51.5 Å². The summed E-state index contributed by atoms with van der Waals surface area (Å²) in [5.74, 6) is 0.482. The molecule has 2 unspecified atom stereocenters. The average molecular weight is 247 g/mol. The van der Waals surface area contributed by atoms with Crippen LogP contribution in [-0.2, 0) is 4.79 Å². The minimum Gasteiger partial charge on any atom is -0.369 e. The van der Waals surface area contributed by atoms with Crippen molar-refractivity contribution in [2.75, 3.05) is 0 Å². The third-order valence-electron chi connectivity index (χ3n) is 3.98. The van der Waals surface area contributed by atoms with Crippen molar-refractivity contribution >= 4 is 5.91 Å². The van der Waals surface area contributed by atoms with Crippen LogP contribution in [0.15, 0.2) is 30.3 Å². The molecule has 0 radical (unpaired) electrons. The van der Waals surface area contributed by atoms with Crippen LogP contribution >= 0.6 is 0 Å². The Labute approximate surface area is 111 Å². The van der Waals surface area contributed by atoms with Gasteiger partial charge in [-0.15, -0.1) is 0 Å². The second-order valence-electron chi connectivity index (χ2n) is 5.21. The number of hydrogen-bond acceptors (Lipinski definition) is 1. The molecule has 0 aliphatic rings. The van der Waals surface area contributed by atoms with Gasteiger partial charge in [-0.25, -0.2) is 0 Å². The lowest BCUT2D eigenvalue weighted by Gasteiger charge is -2.27. The molecule has 1 aromatic rings. The van der Waals surface area contributed by atoms with Gasteiger partial charge >= 0.3 is 0 Å². The third kappa shape index (κ3) is 3.86. The first-order valence-electron chi connectivity index (χ1n) is 6.92. The summed E-state index contributed by atoms with van der Waals surface area (Å²) in [5.41, 5.74) is 6.84. The Morgan fingerprint density at radius 1 is 1.22 bits per heavy atom. The van der Waals surface area contributed by atoms with E-state index in [4.69, 9.17) is 5.73 Å². The Bertz CT molecular complexity index is 361. The van der Waals surface area contributed by atoms with E-state index >= 15 is 0 Å². The van der Waals surface area contributed by atoms with Crippen molar-refractivity contribution in [3.63, 3.8) is 0 Å². The smallest absolute Gasteiger partial charge is 0.220 e. The standard InChI is InChI=1S/C16H25NO/c1-4-5-11-15(16(17)18)13(3)12(2)14-9-7-6-8-10-14/h6-10,12-13,15H,4-5,11H2,1-3H3,(H2,17,18)/t12-,13?,15?/m1/s1. The number of carbonyl (C=O) groups excluding carboxylic acids is 1. The normalized spacial score (nSPS) is 15.9. The molecular formula is C16H25NO. The second-order valence-corrected chi connectivity index (χ2v) is 5.21. The molecule has 0 fully saturated rings. The summed E-state index contributed by atoms with van der Waals surface area (Å²) in [6.45, 7) is 6.47. The van der Waals surface area contributed by atoms with Crippen LogP contribution in [0.2, 0.25) is 0 Å². The highest BCUT2D eigenvalue weighted by molar-refractivity contribution is 5.77. The number of hydrogen-bond donors (Lipinski definition) is 1. The van der Waals surface area contributed by atoms with E-state index in [1.165, 1.54) is 5.56 Å². The maximum absolute atomic E-state index is 11.6. The molecule has 1 rings (SSSR count). The molecule has 2 nitrogen and oxygen atoms in total. The van der Waals surface area contributed by atoms with Crippen molar-refractivity contribution in [3.8, 4) is 0 Å². The summed E-state index contributed by atoms with van der Waals surface area (Å²) in [4.78, 5) is 11.6. The van der Waals surface area contributed by atoms with Gasteiger partial charge in [-0.1, -0.05) is 63.9 Å². The largest absolute Gasteiger partial charge is 0.369 e. The minimum absolute atomic E-state index is 0.0137. The number of nitrogens with two attached hydrogens (primary N) is 1. The molecule has 2 N–H and O–H groups in total. The molecule has 0 heterocycles. The molecule has 18 heavy (non-hydrogen) atoms.